The van der Waals surface area contributed by atoms with Gasteiger partial charge in [0.2, 0.25) is 11.8 Å². The molecule has 154 valence electrons. The van der Waals surface area contributed by atoms with Crippen LogP contribution in [0.1, 0.15) is 51.5 Å². The Hall–Kier alpha value is -2.31. The van der Waals surface area contributed by atoms with Crippen molar-refractivity contribution in [1.82, 2.24) is 20.5 Å². The fourth-order valence-electron chi connectivity index (χ4n) is 3.82. The summed E-state index contributed by atoms with van der Waals surface area (Å²) in [6.07, 6.45) is 7.78. The molecule has 3 rings (SSSR count). The lowest BCUT2D eigenvalue weighted by Crippen LogP contribution is -2.45. The van der Waals surface area contributed by atoms with Crippen LogP contribution in [0, 0.1) is 5.92 Å². The molecular formula is C21H33N5O2. The fourth-order valence-corrected chi connectivity index (χ4v) is 3.82. The lowest BCUT2D eigenvalue weighted by atomic mass is 10.2. The van der Waals surface area contributed by atoms with Crippen molar-refractivity contribution in [2.45, 2.75) is 64.6 Å². The van der Waals surface area contributed by atoms with Gasteiger partial charge in [0.25, 0.3) is 0 Å². The Balaban J connectivity index is 1.47. The molecule has 2 aliphatic rings. The molecule has 1 aliphatic heterocycles. The van der Waals surface area contributed by atoms with E-state index in [2.05, 4.69) is 20.6 Å². The van der Waals surface area contributed by atoms with Crippen LogP contribution in [0.4, 0.5) is 0 Å². The van der Waals surface area contributed by atoms with Crippen LogP contribution >= 0.6 is 0 Å². The van der Waals surface area contributed by atoms with Gasteiger partial charge in [0.05, 0.1) is 0 Å². The van der Waals surface area contributed by atoms with Gasteiger partial charge in [-0.3, -0.25) is 9.79 Å². The molecule has 2 heterocycles. The zero-order chi connectivity index (χ0) is 19.9. The second kappa shape index (κ2) is 9.75. The van der Waals surface area contributed by atoms with Gasteiger partial charge < -0.3 is 20.3 Å². The fraction of sp³-hybridized carbons (Fsp3) is 0.667. The number of amides is 1. The molecule has 1 amide bonds. The number of rotatable bonds is 6. The molecule has 2 fully saturated rings. The summed E-state index contributed by atoms with van der Waals surface area (Å²) in [5.41, 5.74) is 1.11. The van der Waals surface area contributed by atoms with E-state index in [-0.39, 0.29) is 17.9 Å². The Labute approximate surface area is 168 Å². The highest BCUT2D eigenvalue weighted by molar-refractivity contribution is 5.81. The van der Waals surface area contributed by atoms with E-state index in [4.69, 9.17) is 4.74 Å². The van der Waals surface area contributed by atoms with Crippen LogP contribution in [0.2, 0.25) is 0 Å². The second-order valence-corrected chi connectivity index (χ2v) is 8.02. The number of carbonyl (C=O) groups is 1. The minimum Gasteiger partial charge on any atom is -0.474 e. The predicted molar refractivity (Wildman–Crippen MR) is 110 cm³/mol. The average molecular weight is 388 g/mol. The molecule has 1 atom stereocenters. The summed E-state index contributed by atoms with van der Waals surface area (Å²) in [5.74, 6) is 1.72. The van der Waals surface area contributed by atoms with Gasteiger partial charge in [-0.1, -0.05) is 13.8 Å². The minimum atomic E-state index is 0.0449. The number of pyridine rings is 1. The largest absolute Gasteiger partial charge is 0.474 e. The van der Waals surface area contributed by atoms with Crippen molar-refractivity contribution < 1.29 is 9.53 Å². The molecule has 1 aromatic heterocycles. The van der Waals surface area contributed by atoms with E-state index >= 15 is 0 Å². The predicted octanol–water partition coefficient (Wildman–Crippen LogP) is 2.32. The average Bonchev–Trinajstić information content (AvgIpc) is 3.36. The van der Waals surface area contributed by atoms with Crippen molar-refractivity contribution in [3.8, 4) is 5.88 Å². The van der Waals surface area contributed by atoms with Crippen molar-refractivity contribution in [2.75, 3.05) is 20.1 Å². The second-order valence-electron chi connectivity index (χ2n) is 8.02. The summed E-state index contributed by atoms with van der Waals surface area (Å²) in [7, 11) is 1.77. The SMILES string of the molecule is CN=C(NCc1ccnc(OC2CCCC2)c1)NC1CCN(C(=O)C(C)C)C1. The van der Waals surface area contributed by atoms with Crippen molar-refractivity contribution in [1.29, 1.82) is 0 Å². The molecule has 7 nitrogen and oxygen atoms in total. The van der Waals surface area contributed by atoms with Crippen LogP contribution in [0.15, 0.2) is 23.3 Å². The van der Waals surface area contributed by atoms with Gasteiger partial charge in [0.15, 0.2) is 5.96 Å². The molecule has 0 aromatic carbocycles. The summed E-state index contributed by atoms with van der Waals surface area (Å²) in [4.78, 5) is 22.7. The number of nitrogens with zero attached hydrogens (tertiary/aromatic N) is 3. The highest BCUT2D eigenvalue weighted by atomic mass is 16.5. The normalized spacial score (nSPS) is 20.6. The van der Waals surface area contributed by atoms with Crippen LogP contribution in [0.25, 0.3) is 0 Å². The topological polar surface area (TPSA) is 78.9 Å². The minimum absolute atomic E-state index is 0.0449. The van der Waals surface area contributed by atoms with E-state index in [1.165, 1.54) is 12.8 Å². The van der Waals surface area contributed by atoms with Crippen LogP contribution in [-0.4, -0.2) is 54.0 Å². The number of hydrogen-bond acceptors (Lipinski definition) is 4. The zero-order valence-electron chi connectivity index (χ0n) is 17.3. The molecule has 0 radical (unpaired) electrons. The monoisotopic (exact) mass is 387 g/mol. The van der Waals surface area contributed by atoms with Crippen molar-refractivity contribution in [3.05, 3.63) is 23.9 Å². The van der Waals surface area contributed by atoms with Crippen LogP contribution in [-0.2, 0) is 11.3 Å². The smallest absolute Gasteiger partial charge is 0.225 e. The number of carbonyl (C=O) groups excluding carboxylic acids is 1. The van der Waals surface area contributed by atoms with Gasteiger partial charge >= 0.3 is 0 Å². The Bertz CT molecular complexity index is 685. The first-order valence-corrected chi connectivity index (χ1v) is 10.4. The van der Waals surface area contributed by atoms with Gasteiger partial charge in [-0.15, -0.1) is 0 Å². The number of hydrogen-bond donors (Lipinski definition) is 2. The number of nitrogens with one attached hydrogen (secondary N) is 2. The number of aliphatic imine (C=N–C) groups is 1. The molecule has 2 N–H and O–H groups in total. The molecule has 1 saturated carbocycles. The lowest BCUT2D eigenvalue weighted by Gasteiger charge is -2.20. The molecule has 1 aliphatic carbocycles. The van der Waals surface area contributed by atoms with Crippen molar-refractivity contribution in [3.63, 3.8) is 0 Å². The third kappa shape index (κ3) is 5.59. The molecule has 28 heavy (non-hydrogen) atoms. The van der Waals surface area contributed by atoms with E-state index in [0.717, 1.165) is 43.9 Å². The highest BCUT2D eigenvalue weighted by Gasteiger charge is 2.28. The van der Waals surface area contributed by atoms with Gasteiger partial charge in [0, 0.05) is 50.9 Å². The Kier molecular flexibility index (Phi) is 7.12. The summed E-state index contributed by atoms with van der Waals surface area (Å²) >= 11 is 0. The third-order valence-corrected chi connectivity index (χ3v) is 5.41. The van der Waals surface area contributed by atoms with E-state index < -0.39 is 0 Å². The maximum atomic E-state index is 12.1. The quantitative estimate of drug-likeness (QED) is 0.579. The van der Waals surface area contributed by atoms with Crippen molar-refractivity contribution in [2.24, 2.45) is 10.9 Å². The molecule has 7 heteroatoms. The molecule has 1 saturated heterocycles. The van der Waals surface area contributed by atoms with E-state index in [0.29, 0.717) is 18.5 Å². The summed E-state index contributed by atoms with van der Waals surface area (Å²) in [5, 5.41) is 6.78. The summed E-state index contributed by atoms with van der Waals surface area (Å²) in [6, 6.07) is 4.21. The molecule has 1 unspecified atom stereocenters. The summed E-state index contributed by atoms with van der Waals surface area (Å²) in [6.45, 7) is 6.07. The van der Waals surface area contributed by atoms with E-state index in [1.54, 1.807) is 13.2 Å². The van der Waals surface area contributed by atoms with Crippen LogP contribution < -0.4 is 15.4 Å². The Morgan fingerprint density at radius 1 is 1.36 bits per heavy atom. The molecule has 0 bridgehead atoms. The maximum absolute atomic E-state index is 12.1. The van der Waals surface area contributed by atoms with Crippen molar-refractivity contribution >= 4 is 11.9 Å². The first kappa shape index (κ1) is 20.4. The Morgan fingerprint density at radius 2 is 2.14 bits per heavy atom. The van der Waals surface area contributed by atoms with Gasteiger partial charge in [-0.2, -0.15) is 0 Å². The maximum Gasteiger partial charge on any atom is 0.225 e. The highest BCUT2D eigenvalue weighted by Crippen LogP contribution is 2.23. The number of likely N-dealkylation sites (tertiary alicyclic amines) is 1. The Morgan fingerprint density at radius 3 is 2.86 bits per heavy atom. The lowest BCUT2D eigenvalue weighted by molar-refractivity contribution is -0.133. The standard InChI is InChI=1S/C21H33N5O2/c1-15(2)20(27)26-11-9-17(14-26)25-21(22-3)24-13-16-8-10-23-19(12-16)28-18-6-4-5-7-18/h8,10,12,15,17-18H,4-7,9,11,13-14H2,1-3H3,(H2,22,24,25). The first-order valence-electron chi connectivity index (χ1n) is 10.4. The molecule has 0 spiro atoms. The van der Waals surface area contributed by atoms with Gasteiger partial charge in [-0.25, -0.2) is 4.98 Å². The summed E-state index contributed by atoms with van der Waals surface area (Å²) < 4.78 is 5.99. The van der Waals surface area contributed by atoms with Gasteiger partial charge in [0.1, 0.15) is 6.10 Å². The zero-order valence-corrected chi connectivity index (χ0v) is 17.3. The number of aromatic nitrogens is 1. The molecular weight excluding hydrogens is 354 g/mol. The van der Waals surface area contributed by atoms with Gasteiger partial charge in [-0.05, 0) is 43.7 Å². The van der Waals surface area contributed by atoms with Crippen LogP contribution in [0.3, 0.4) is 0 Å². The van der Waals surface area contributed by atoms with E-state index in [1.807, 2.05) is 30.9 Å². The number of ether oxygens (including phenoxy) is 1. The number of guanidine groups is 1. The van der Waals surface area contributed by atoms with E-state index in [9.17, 15) is 4.79 Å². The third-order valence-electron chi connectivity index (χ3n) is 5.41. The molecule has 1 aromatic rings. The first-order chi connectivity index (χ1) is 13.5. The van der Waals surface area contributed by atoms with Crippen LogP contribution in [0.5, 0.6) is 5.88 Å².